The molecule has 0 aliphatic rings. The maximum Gasteiger partial charge on any atom is 0.0828 e. The van der Waals surface area contributed by atoms with E-state index in [2.05, 4.69) is 27.8 Å². The highest BCUT2D eigenvalue weighted by Gasteiger charge is 2.04. The Kier molecular flexibility index (Phi) is 4.70. The molecule has 0 spiro atoms. The molecule has 6 nitrogen and oxygen atoms in total. The van der Waals surface area contributed by atoms with Crippen LogP contribution in [0.3, 0.4) is 0 Å². The maximum absolute atomic E-state index is 4.99. The summed E-state index contributed by atoms with van der Waals surface area (Å²) in [6, 6.07) is 2.08. The second kappa shape index (κ2) is 6.49. The number of hydrogen-bond acceptors (Lipinski definition) is 4. The Balaban J connectivity index is 1.88. The fourth-order valence-corrected chi connectivity index (χ4v) is 1.97. The van der Waals surface area contributed by atoms with Crippen molar-refractivity contribution in [1.29, 1.82) is 0 Å². The monoisotopic (exact) mass is 263 g/mol. The lowest BCUT2D eigenvalue weighted by Gasteiger charge is -2.02. The van der Waals surface area contributed by atoms with Gasteiger partial charge in [-0.25, -0.2) is 0 Å². The van der Waals surface area contributed by atoms with Crippen molar-refractivity contribution >= 4 is 0 Å². The lowest BCUT2D eigenvalue weighted by atomic mass is 10.3. The zero-order valence-corrected chi connectivity index (χ0v) is 11.8. The van der Waals surface area contributed by atoms with E-state index in [1.807, 2.05) is 29.5 Å². The van der Waals surface area contributed by atoms with Crippen LogP contribution < -0.4 is 5.32 Å². The standard InChI is InChI=1S/C13H21N5O/c1-11-6-13(17(2)16-11)10-18-9-12(8-15-18)7-14-4-5-19-3/h6,8-9,14H,4-5,7,10H2,1-3H3. The zero-order valence-electron chi connectivity index (χ0n) is 11.8. The lowest BCUT2D eigenvalue weighted by molar-refractivity contribution is 0.199. The summed E-state index contributed by atoms with van der Waals surface area (Å²) >= 11 is 0. The van der Waals surface area contributed by atoms with E-state index in [1.165, 1.54) is 5.56 Å². The Hall–Kier alpha value is -1.66. The number of aromatic nitrogens is 4. The predicted molar refractivity (Wildman–Crippen MR) is 72.9 cm³/mol. The van der Waals surface area contributed by atoms with Crippen LogP contribution in [0.4, 0.5) is 0 Å². The molecule has 0 saturated carbocycles. The van der Waals surface area contributed by atoms with Crippen LogP contribution in [-0.2, 0) is 24.9 Å². The molecule has 0 aromatic carbocycles. The molecule has 0 aliphatic carbocycles. The van der Waals surface area contributed by atoms with E-state index in [0.717, 1.165) is 37.6 Å². The summed E-state index contributed by atoms with van der Waals surface area (Å²) in [5.74, 6) is 0. The van der Waals surface area contributed by atoms with E-state index in [1.54, 1.807) is 7.11 Å². The van der Waals surface area contributed by atoms with Gasteiger partial charge >= 0.3 is 0 Å². The van der Waals surface area contributed by atoms with Gasteiger partial charge in [0.15, 0.2) is 0 Å². The number of ether oxygens (including phenoxy) is 1. The Morgan fingerprint density at radius 1 is 1.42 bits per heavy atom. The third-order valence-corrected chi connectivity index (χ3v) is 2.92. The van der Waals surface area contributed by atoms with E-state index < -0.39 is 0 Å². The predicted octanol–water partition coefficient (Wildman–Crippen LogP) is 0.709. The average Bonchev–Trinajstić information content (AvgIpc) is 2.93. The van der Waals surface area contributed by atoms with Crippen LogP contribution in [0, 0.1) is 6.92 Å². The molecule has 0 fully saturated rings. The second-order valence-electron chi connectivity index (χ2n) is 4.62. The molecule has 0 unspecified atom stereocenters. The second-order valence-corrected chi connectivity index (χ2v) is 4.62. The van der Waals surface area contributed by atoms with Crippen molar-refractivity contribution in [2.24, 2.45) is 7.05 Å². The summed E-state index contributed by atoms with van der Waals surface area (Å²) in [7, 11) is 3.66. The van der Waals surface area contributed by atoms with Crippen LogP contribution in [0.1, 0.15) is 17.0 Å². The van der Waals surface area contributed by atoms with Crippen LogP contribution in [0.5, 0.6) is 0 Å². The van der Waals surface area contributed by atoms with Crippen molar-refractivity contribution in [1.82, 2.24) is 24.9 Å². The largest absolute Gasteiger partial charge is 0.383 e. The zero-order chi connectivity index (χ0) is 13.7. The number of nitrogens with one attached hydrogen (secondary N) is 1. The Bertz CT molecular complexity index is 517. The van der Waals surface area contributed by atoms with Gasteiger partial charge in [0.05, 0.1) is 30.7 Å². The molecule has 2 rings (SSSR count). The third kappa shape index (κ3) is 3.90. The van der Waals surface area contributed by atoms with E-state index in [-0.39, 0.29) is 0 Å². The van der Waals surface area contributed by atoms with E-state index in [9.17, 15) is 0 Å². The first-order valence-electron chi connectivity index (χ1n) is 6.39. The lowest BCUT2D eigenvalue weighted by Crippen LogP contribution is -2.18. The fraction of sp³-hybridized carbons (Fsp3) is 0.538. The number of methoxy groups -OCH3 is 1. The number of rotatable bonds is 7. The Morgan fingerprint density at radius 2 is 2.26 bits per heavy atom. The van der Waals surface area contributed by atoms with Crippen molar-refractivity contribution in [3.8, 4) is 0 Å². The van der Waals surface area contributed by atoms with Gasteiger partial charge in [-0.1, -0.05) is 0 Å². The van der Waals surface area contributed by atoms with Gasteiger partial charge in [0.1, 0.15) is 0 Å². The molecule has 0 bridgehead atoms. The van der Waals surface area contributed by atoms with Crippen molar-refractivity contribution in [3.05, 3.63) is 35.4 Å². The van der Waals surface area contributed by atoms with Crippen LogP contribution in [0.15, 0.2) is 18.5 Å². The van der Waals surface area contributed by atoms with E-state index in [0.29, 0.717) is 0 Å². The van der Waals surface area contributed by atoms with Gasteiger partial charge in [0, 0.05) is 39.0 Å². The maximum atomic E-state index is 4.99. The summed E-state index contributed by atoms with van der Waals surface area (Å²) in [5, 5.41) is 12.0. The van der Waals surface area contributed by atoms with E-state index in [4.69, 9.17) is 4.74 Å². The highest BCUT2D eigenvalue weighted by molar-refractivity contribution is 5.10. The van der Waals surface area contributed by atoms with Gasteiger partial charge < -0.3 is 10.1 Å². The minimum atomic E-state index is 0.725. The Labute approximate surface area is 113 Å². The molecule has 2 heterocycles. The minimum absolute atomic E-state index is 0.725. The van der Waals surface area contributed by atoms with Gasteiger partial charge in [0.25, 0.3) is 0 Å². The van der Waals surface area contributed by atoms with Gasteiger partial charge in [-0.05, 0) is 13.0 Å². The quantitative estimate of drug-likeness (QED) is 0.748. The molecule has 104 valence electrons. The molecule has 0 aliphatic heterocycles. The summed E-state index contributed by atoms with van der Waals surface area (Å²) in [6.07, 6.45) is 3.95. The average molecular weight is 263 g/mol. The van der Waals surface area contributed by atoms with Gasteiger partial charge in [-0.3, -0.25) is 9.36 Å². The van der Waals surface area contributed by atoms with Crippen molar-refractivity contribution in [3.63, 3.8) is 0 Å². The molecular weight excluding hydrogens is 242 g/mol. The molecule has 0 radical (unpaired) electrons. The molecule has 0 amide bonds. The number of nitrogens with zero attached hydrogens (tertiary/aromatic N) is 4. The third-order valence-electron chi connectivity index (χ3n) is 2.92. The summed E-state index contributed by atoms with van der Waals surface area (Å²) in [6.45, 7) is 5.13. The molecular formula is C13H21N5O. The first kappa shape index (κ1) is 13.8. The summed E-state index contributed by atoms with van der Waals surface area (Å²) in [5.41, 5.74) is 3.36. The van der Waals surface area contributed by atoms with E-state index >= 15 is 0 Å². The minimum Gasteiger partial charge on any atom is -0.383 e. The molecule has 0 saturated heterocycles. The first-order chi connectivity index (χ1) is 9.19. The first-order valence-corrected chi connectivity index (χ1v) is 6.39. The summed E-state index contributed by atoms with van der Waals surface area (Å²) < 4.78 is 8.82. The molecule has 19 heavy (non-hydrogen) atoms. The van der Waals surface area contributed by atoms with Crippen LogP contribution >= 0.6 is 0 Å². The Morgan fingerprint density at radius 3 is 2.95 bits per heavy atom. The molecule has 1 N–H and O–H groups in total. The van der Waals surface area contributed by atoms with Gasteiger partial charge in [0.2, 0.25) is 0 Å². The summed E-state index contributed by atoms with van der Waals surface area (Å²) in [4.78, 5) is 0. The van der Waals surface area contributed by atoms with Crippen molar-refractivity contribution in [2.75, 3.05) is 20.3 Å². The van der Waals surface area contributed by atoms with Crippen LogP contribution in [0.25, 0.3) is 0 Å². The molecule has 6 heteroatoms. The highest BCUT2D eigenvalue weighted by atomic mass is 16.5. The number of hydrogen-bond donors (Lipinski definition) is 1. The van der Waals surface area contributed by atoms with Gasteiger partial charge in [-0.15, -0.1) is 0 Å². The number of aryl methyl sites for hydroxylation is 2. The SMILES string of the molecule is COCCNCc1cnn(Cc2cc(C)nn2C)c1. The van der Waals surface area contributed by atoms with Crippen molar-refractivity contribution < 1.29 is 4.74 Å². The fourth-order valence-electron chi connectivity index (χ4n) is 1.97. The normalized spacial score (nSPS) is 11.1. The van der Waals surface area contributed by atoms with Crippen LogP contribution in [0.2, 0.25) is 0 Å². The van der Waals surface area contributed by atoms with Gasteiger partial charge in [-0.2, -0.15) is 10.2 Å². The highest BCUT2D eigenvalue weighted by Crippen LogP contribution is 2.05. The van der Waals surface area contributed by atoms with Crippen molar-refractivity contribution in [2.45, 2.75) is 20.0 Å². The molecule has 0 atom stereocenters. The smallest absolute Gasteiger partial charge is 0.0828 e. The topological polar surface area (TPSA) is 56.9 Å². The van der Waals surface area contributed by atoms with Crippen LogP contribution in [-0.4, -0.2) is 39.8 Å². The molecule has 2 aromatic heterocycles. The molecule has 2 aromatic rings.